The van der Waals surface area contributed by atoms with Crippen LogP contribution in [-0.2, 0) is 0 Å². The summed E-state index contributed by atoms with van der Waals surface area (Å²) in [5, 5.41) is 14.1. The molecular weight excluding hydrogens is 416 g/mol. The maximum Gasteiger partial charge on any atom is 0.130 e. The summed E-state index contributed by atoms with van der Waals surface area (Å²) < 4.78 is 16.4. The summed E-state index contributed by atoms with van der Waals surface area (Å²) >= 11 is 0. The number of phenols is 1. The van der Waals surface area contributed by atoms with Gasteiger partial charge in [0, 0.05) is 23.7 Å². The SMILES string of the molecule is COc1ccc(-c2cc(NCC3CCCCC3)nc(-c3cc(OC)ccc3O)c2)c(OC)c1. The Morgan fingerprint density at radius 3 is 2.30 bits per heavy atom. The second kappa shape index (κ2) is 10.5. The molecule has 2 aromatic carbocycles. The lowest BCUT2D eigenvalue weighted by atomic mass is 9.89. The van der Waals surface area contributed by atoms with Crippen LogP contribution < -0.4 is 19.5 Å². The van der Waals surface area contributed by atoms with Crippen LogP contribution in [0.3, 0.4) is 0 Å². The van der Waals surface area contributed by atoms with E-state index in [1.54, 1.807) is 39.5 Å². The zero-order chi connectivity index (χ0) is 23.2. The number of anilines is 1. The van der Waals surface area contributed by atoms with E-state index in [1.165, 1.54) is 32.1 Å². The first kappa shape index (κ1) is 22.8. The van der Waals surface area contributed by atoms with E-state index in [-0.39, 0.29) is 5.75 Å². The first-order valence-electron chi connectivity index (χ1n) is 11.5. The molecule has 0 spiro atoms. The zero-order valence-corrected chi connectivity index (χ0v) is 19.6. The van der Waals surface area contributed by atoms with E-state index < -0.39 is 0 Å². The van der Waals surface area contributed by atoms with E-state index in [0.29, 0.717) is 28.7 Å². The second-order valence-electron chi connectivity index (χ2n) is 8.46. The molecule has 1 heterocycles. The molecule has 1 fully saturated rings. The molecule has 0 radical (unpaired) electrons. The number of hydrogen-bond acceptors (Lipinski definition) is 6. The standard InChI is InChI=1S/C27H32N2O4/c1-31-20-10-12-25(30)23(15-20)24-13-19(22-11-9-21(32-2)16-26(22)33-3)14-27(29-24)28-17-18-7-5-4-6-8-18/h9-16,18,30H,4-8,17H2,1-3H3,(H,28,29). The summed E-state index contributed by atoms with van der Waals surface area (Å²) in [6.45, 7) is 0.889. The number of hydrogen-bond donors (Lipinski definition) is 2. The van der Waals surface area contributed by atoms with Crippen molar-refractivity contribution in [2.24, 2.45) is 5.92 Å². The number of pyridine rings is 1. The number of aromatic nitrogens is 1. The first-order chi connectivity index (χ1) is 16.1. The van der Waals surface area contributed by atoms with Gasteiger partial charge < -0.3 is 24.6 Å². The molecule has 6 heteroatoms. The van der Waals surface area contributed by atoms with Gasteiger partial charge in [0.05, 0.1) is 27.0 Å². The highest BCUT2D eigenvalue weighted by Gasteiger charge is 2.17. The van der Waals surface area contributed by atoms with Crippen molar-refractivity contribution in [3.8, 4) is 45.4 Å². The Kier molecular flexibility index (Phi) is 7.23. The van der Waals surface area contributed by atoms with Gasteiger partial charge in [0.15, 0.2) is 0 Å². The molecule has 1 aliphatic rings. The summed E-state index contributed by atoms with van der Waals surface area (Å²) in [6.07, 6.45) is 6.43. The van der Waals surface area contributed by atoms with Crippen molar-refractivity contribution in [1.29, 1.82) is 0 Å². The topological polar surface area (TPSA) is 72.8 Å². The third-order valence-corrected chi connectivity index (χ3v) is 6.32. The predicted octanol–water partition coefficient (Wildman–Crippen LogP) is 6.14. The number of phenolic OH excluding ortho intramolecular Hbond substituents is 1. The molecule has 4 rings (SSSR count). The zero-order valence-electron chi connectivity index (χ0n) is 19.6. The van der Waals surface area contributed by atoms with Gasteiger partial charge in [-0.15, -0.1) is 0 Å². The van der Waals surface area contributed by atoms with Gasteiger partial charge in [-0.3, -0.25) is 0 Å². The Balaban J connectivity index is 1.76. The summed E-state index contributed by atoms with van der Waals surface area (Å²) in [5.74, 6) is 3.68. The predicted molar refractivity (Wildman–Crippen MR) is 131 cm³/mol. The number of nitrogens with zero attached hydrogens (tertiary/aromatic N) is 1. The van der Waals surface area contributed by atoms with E-state index in [2.05, 4.69) is 5.32 Å². The molecule has 33 heavy (non-hydrogen) atoms. The van der Waals surface area contributed by atoms with Crippen molar-refractivity contribution in [2.75, 3.05) is 33.2 Å². The van der Waals surface area contributed by atoms with Gasteiger partial charge in [0.1, 0.15) is 28.8 Å². The van der Waals surface area contributed by atoms with Crippen molar-refractivity contribution in [2.45, 2.75) is 32.1 Å². The number of methoxy groups -OCH3 is 3. The fourth-order valence-electron chi connectivity index (χ4n) is 4.44. The molecule has 1 saturated carbocycles. The molecule has 174 valence electrons. The third-order valence-electron chi connectivity index (χ3n) is 6.32. The number of aromatic hydroxyl groups is 1. The summed E-state index contributed by atoms with van der Waals surface area (Å²) in [4.78, 5) is 4.85. The highest BCUT2D eigenvalue weighted by atomic mass is 16.5. The lowest BCUT2D eigenvalue weighted by Gasteiger charge is -2.22. The van der Waals surface area contributed by atoms with Crippen molar-refractivity contribution in [1.82, 2.24) is 4.98 Å². The molecule has 0 saturated heterocycles. The van der Waals surface area contributed by atoms with E-state index >= 15 is 0 Å². The molecule has 0 amide bonds. The number of rotatable bonds is 8. The normalized spacial score (nSPS) is 14.0. The Labute approximate surface area is 195 Å². The summed E-state index contributed by atoms with van der Waals surface area (Å²) in [7, 11) is 4.90. The van der Waals surface area contributed by atoms with Gasteiger partial charge in [-0.05, 0) is 66.8 Å². The summed E-state index contributed by atoms with van der Waals surface area (Å²) in [6, 6.07) is 14.9. The minimum Gasteiger partial charge on any atom is -0.507 e. The van der Waals surface area contributed by atoms with Crippen LogP contribution >= 0.6 is 0 Å². The molecule has 0 unspecified atom stereocenters. The van der Waals surface area contributed by atoms with Gasteiger partial charge >= 0.3 is 0 Å². The highest BCUT2D eigenvalue weighted by Crippen LogP contribution is 2.38. The van der Waals surface area contributed by atoms with Crippen LogP contribution in [-0.4, -0.2) is 38.0 Å². The maximum atomic E-state index is 10.6. The monoisotopic (exact) mass is 448 g/mol. The van der Waals surface area contributed by atoms with Gasteiger partial charge in [-0.2, -0.15) is 0 Å². The molecule has 1 aromatic heterocycles. The molecular formula is C27H32N2O4. The quantitative estimate of drug-likeness (QED) is 0.431. The van der Waals surface area contributed by atoms with Crippen molar-refractivity contribution < 1.29 is 19.3 Å². The van der Waals surface area contributed by atoms with Gasteiger partial charge in [-0.1, -0.05) is 19.3 Å². The molecule has 0 aliphatic heterocycles. The Bertz CT molecular complexity index is 1090. The van der Waals surface area contributed by atoms with E-state index in [1.807, 2.05) is 30.3 Å². The average molecular weight is 449 g/mol. The fourth-order valence-corrected chi connectivity index (χ4v) is 4.44. The molecule has 1 aliphatic carbocycles. The first-order valence-corrected chi connectivity index (χ1v) is 11.5. The average Bonchev–Trinajstić information content (AvgIpc) is 2.87. The van der Waals surface area contributed by atoms with Crippen LogP contribution in [0.4, 0.5) is 5.82 Å². The smallest absolute Gasteiger partial charge is 0.130 e. The Morgan fingerprint density at radius 2 is 1.58 bits per heavy atom. The van der Waals surface area contributed by atoms with Crippen LogP contribution in [0.2, 0.25) is 0 Å². The molecule has 0 atom stereocenters. The Morgan fingerprint density at radius 1 is 0.848 bits per heavy atom. The van der Waals surface area contributed by atoms with Crippen LogP contribution in [0, 0.1) is 5.92 Å². The molecule has 0 bridgehead atoms. The van der Waals surface area contributed by atoms with Crippen molar-refractivity contribution in [3.05, 3.63) is 48.5 Å². The van der Waals surface area contributed by atoms with Crippen LogP contribution in [0.25, 0.3) is 22.4 Å². The minimum atomic E-state index is 0.153. The van der Waals surface area contributed by atoms with E-state index in [9.17, 15) is 5.11 Å². The second-order valence-corrected chi connectivity index (χ2v) is 8.46. The van der Waals surface area contributed by atoms with E-state index in [4.69, 9.17) is 19.2 Å². The van der Waals surface area contributed by atoms with Crippen LogP contribution in [0.15, 0.2) is 48.5 Å². The highest BCUT2D eigenvalue weighted by molar-refractivity contribution is 5.80. The van der Waals surface area contributed by atoms with Gasteiger partial charge in [0.25, 0.3) is 0 Å². The van der Waals surface area contributed by atoms with Crippen LogP contribution in [0.5, 0.6) is 23.0 Å². The van der Waals surface area contributed by atoms with Gasteiger partial charge in [-0.25, -0.2) is 4.98 Å². The van der Waals surface area contributed by atoms with E-state index in [0.717, 1.165) is 29.2 Å². The van der Waals surface area contributed by atoms with Crippen molar-refractivity contribution in [3.63, 3.8) is 0 Å². The lowest BCUT2D eigenvalue weighted by molar-refractivity contribution is 0.373. The Hall–Kier alpha value is -3.41. The fraction of sp³-hybridized carbons (Fsp3) is 0.370. The number of ether oxygens (including phenoxy) is 3. The molecule has 2 N–H and O–H groups in total. The minimum absolute atomic E-state index is 0.153. The summed E-state index contributed by atoms with van der Waals surface area (Å²) in [5.41, 5.74) is 3.13. The lowest BCUT2D eigenvalue weighted by Crippen LogP contribution is -2.17. The van der Waals surface area contributed by atoms with Crippen LogP contribution in [0.1, 0.15) is 32.1 Å². The number of benzene rings is 2. The molecule has 6 nitrogen and oxygen atoms in total. The van der Waals surface area contributed by atoms with Gasteiger partial charge in [0.2, 0.25) is 0 Å². The maximum absolute atomic E-state index is 10.6. The third kappa shape index (κ3) is 5.33. The number of nitrogens with one attached hydrogen (secondary N) is 1. The van der Waals surface area contributed by atoms with Crippen molar-refractivity contribution >= 4 is 5.82 Å². The largest absolute Gasteiger partial charge is 0.507 e. The molecule has 3 aromatic rings.